The molecule has 1 aliphatic carbocycles. The van der Waals surface area contributed by atoms with Crippen LogP contribution >= 0.6 is 11.6 Å². The number of Topliss-reactive ketones (excluding diaryl/α,β-unsaturated/α-hetero) is 2. The topological polar surface area (TPSA) is 40.6 Å². The minimum Gasteiger partial charge on any atom is -0.364 e. The fourth-order valence-electron chi connectivity index (χ4n) is 3.75. The van der Waals surface area contributed by atoms with E-state index in [4.69, 9.17) is 11.6 Å². The summed E-state index contributed by atoms with van der Waals surface area (Å²) in [5.74, 6) is -0.367. The first-order chi connectivity index (χ1) is 12.6. The zero-order valence-corrected chi connectivity index (χ0v) is 16.2. The van der Waals surface area contributed by atoms with Crippen molar-refractivity contribution in [2.45, 2.75) is 39.0 Å². The second kappa shape index (κ2) is 8.83. The van der Waals surface area contributed by atoms with Crippen LogP contribution in [0, 0.1) is 0 Å². The van der Waals surface area contributed by atoms with Gasteiger partial charge < -0.3 is 4.90 Å². The van der Waals surface area contributed by atoms with Crippen molar-refractivity contribution in [3.05, 3.63) is 46.1 Å². The fourth-order valence-corrected chi connectivity index (χ4v) is 4.06. The molecule has 1 aromatic rings. The first kappa shape index (κ1) is 19.1. The molecule has 1 saturated heterocycles. The number of rotatable bonds is 7. The van der Waals surface area contributed by atoms with Crippen molar-refractivity contribution in [1.29, 1.82) is 0 Å². The second-order valence-corrected chi connectivity index (χ2v) is 7.49. The van der Waals surface area contributed by atoms with Crippen LogP contribution in [0.5, 0.6) is 0 Å². The molecule has 1 fully saturated rings. The lowest BCUT2D eigenvalue weighted by Crippen LogP contribution is -2.48. The van der Waals surface area contributed by atoms with E-state index in [1.165, 1.54) is 32.1 Å². The minimum atomic E-state index is -0.241. The van der Waals surface area contributed by atoms with Gasteiger partial charge in [0, 0.05) is 37.3 Å². The van der Waals surface area contributed by atoms with Gasteiger partial charge in [0.15, 0.2) is 0 Å². The molecule has 0 N–H and O–H groups in total. The molecule has 0 spiro atoms. The van der Waals surface area contributed by atoms with Gasteiger partial charge >= 0.3 is 0 Å². The Bertz CT molecular complexity index is 706. The highest BCUT2D eigenvalue weighted by atomic mass is 35.5. The number of halogens is 1. The standard InChI is InChI=1S/C21H27ClN2O2/c1-2-3-4-5-8-11-23-12-14-24(15-13-23)19-18(22)20(25)16-9-6-7-10-17(16)21(19)26/h6-7,9-10H,2-5,8,11-15H2,1H3. The van der Waals surface area contributed by atoms with Crippen molar-refractivity contribution in [2.24, 2.45) is 0 Å². The van der Waals surface area contributed by atoms with Gasteiger partial charge in [-0.25, -0.2) is 0 Å². The molecule has 1 aromatic carbocycles. The fraction of sp³-hybridized carbons (Fsp3) is 0.524. The molecule has 1 heterocycles. The van der Waals surface area contributed by atoms with Gasteiger partial charge in [-0.3, -0.25) is 14.5 Å². The van der Waals surface area contributed by atoms with Crippen LogP contribution in [-0.2, 0) is 0 Å². The summed E-state index contributed by atoms with van der Waals surface area (Å²) in [6.07, 6.45) is 6.42. The molecule has 0 amide bonds. The third-order valence-corrected chi connectivity index (χ3v) is 5.66. The quantitative estimate of drug-likeness (QED) is 0.673. The Morgan fingerprint density at radius 2 is 1.50 bits per heavy atom. The van der Waals surface area contributed by atoms with E-state index in [9.17, 15) is 9.59 Å². The maximum Gasteiger partial charge on any atom is 0.211 e. The van der Waals surface area contributed by atoms with Crippen LogP contribution in [-0.4, -0.2) is 54.1 Å². The number of ketones is 2. The predicted octanol–water partition coefficient (Wildman–Crippen LogP) is 4.10. The molecule has 0 aromatic heterocycles. The lowest BCUT2D eigenvalue weighted by molar-refractivity contribution is 0.0910. The van der Waals surface area contributed by atoms with Gasteiger partial charge in [-0.15, -0.1) is 0 Å². The number of nitrogens with zero attached hydrogens (tertiary/aromatic N) is 2. The summed E-state index contributed by atoms with van der Waals surface area (Å²) in [6.45, 7) is 6.63. The van der Waals surface area contributed by atoms with E-state index in [0.717, 1.165) is 32.7 Å². The molecule has 0 bridgehead atoms. The van der Waals surface area contributed by atoms with Crippen LogP contribution in [0.3, 0.4) is 0 Å². The largest absolute Gasteiger partial charge is 0.364 e. The molecule has 0 atom stereocenters. The van der Waals surface area contributed by atoms with Crippen LogP contribution in [0.15, 0.2) is 35.0 Å². The molecule has 140 valence electrons. The lowest BCUT2D eigenvalue weighted by atomic mass is 9.91. The Morgan fingerprint density at radius 1 is 0.885 bits per heavy atom. The van der Waals surface area contributed by atoms with Gasteiger partial charge in [0.05, 0.1) is 0 Å². The molecule has 4 nitrogen and oxygen atoms in total. The van der Waals surface area contributed by atoms with Gasteiger partial charge in [-0.1, -0.05) is 68.5 Å². The average Bonchev–Trinajstić information content (AvgIpc) is 2.67. The molecule has 1 aliphatic heterocycles. The molecule has 2 aliphatic rings. The zero-order valence-electron chi connectivity index (χ0n) is 15.5. The van der Waals surface area contributed by atoms with Crippen LogP contribution < -0.4 is 0 Å². The van der Waals surface area contributed by atoms with E-state index < -0.39 is 0 Å². The van der Waals surface area contributed by atoms with Gasteiger partial charge in [-0.2, -0.15) is 0 Å². The highest BCUT2D eigenvalue weighted by Crippen LogP contribution is 2.31. The molecule has 3 rings (SSSR count). The number of hydrogen-bond acceptors (Lipinski definition) is 4. The number of carbonyl (C=O) groups is 2. The normalized spacial score (nSPS) is 18.5. The van der Waals surface area contributed by atoms with E-state index in [-0.39, 0.29) is 16.6 Å². The summed E-state index contributed by atoms with van der Waals surface area (Å²) in [4.78, 5) is 29.8. The molecular formula is C21H27ClN2O2. The molecule has 5 heteroatoms. The highest BCUT2D eigenvalue weighted by Gasteiger charge is 2.35. The van der Waals surface area contributed by atoms with Gasteiger partial charge in [0.2, 0.25) is 11.6 Å². The first-order valence-electron chi connectivity index (χ1n) is 9.69. The summed E-state index contributed by atoms with van der Waals surface area (Å²) in [5.41, 5.74) is 1.27. The Kier molecular flexibility index (Phi) is 6.49. The number of carbonyl (C=O) groups excluding carboxylic acids is 2. The summed E-state index contributed by atoms with van der Waals surface area (Å²) in [6, 6.07) is 6.94. The Labute approximate surface area is 160 Å². The first-order valence-corrected chi connectivity index (χ1v) is 10.1. The zero-order chi connectivity index (χ0) is 18.5. The van der Waals surface area contributed by atoms with Gasteiger partial charge in [0.25, 0.3) is 0 Å². The van der Waals surface area contributed by atoms with E-state index in [1.807, 2.05) is 4.90 Å². The van der Waals surface area contributed by atoms with Crippen molar-refractivity contribution >= 4 is 23.2 Å². The molecule has 26 heavy (non-hydrogen) atoms. The van der Waals surface area contributed by atoms with Gasteiger partial charge in [-0.05, 0) is 13.0 Å². The molecule has 0 radical (unpaired) electrons. The number of piperazine rings is 1. The Balaban J connectivity index is 1.60. The summed E-state index contributed by atoms with van der Waals surface area (Å²) in [5, 5.41) is 0.0710. The van der Waals surface area contributed by atoms with Crippen LogP contribution in [0.2, 0.25) is 0 Å². The van der Waals surface area contributed by atoms with E-state index in [2.05, 4.69) is 11.8 Å². The summed E-state index contributed by atoms with van der Waals surface area (Å²) in [7, 11) is 0. The Hall–Kier alpha value is -1.65. The molecular weight excluding hydrogens is 348 g/mol. The third kappa shape index (κ3) is 4.02. The highest BCUT2D eigenvalue weighted by molar-refractivity contribution is 6.49. The molecule has 0 unspecified atom stereocenters. The van der Waals surface area contributed by atoms with Crippen molar-refractivity contribution in [1.82, 2.24) is 9.80 Å². The van der Waals surface area contributed by atoms with E-state index in [1.54, 1.807) is 24.3 Å². The van der Waals surface area contributed by atoms with Crippen LogP contribution in [0.25, 0.3) is 0 Å². The maximum absolute atomic E-state index is 12.9. The number of unbranched alkanes of at least 4 members (excludes halogenated alkanes) is 4. The minimum absolute atomic E-state index is 0.0710. The Morgan fingerprint density at radius 3 is 2.15 bits per heavy atom. The van der Waals surface area contributed by atoms with E-state index >= 15 is 0 Å². The summed E-state index contributed by atoms with van der Waals surface area (Å²) >= 11 is 6.31. The number of fused-ring (bicyclic) bond motifs is 1. The average molecular weight is 375 g/mol. The monoisotopic (exact) mass is 374 g/mol. The van der Waals surface area contributed by atoms with Gasteiger partial charge in [0.1, 0.15) is 10.7 Å². The second-order valence-electron chi connectivity index (χ2n) is 7.11. The van der Waals surface area contributed by atoms with Crippen molar-refractivity contribution in [2.75, 3.05) is 32.7 Å². The van der Waals surface area contributed by atoms with Crippen molar-refractivity contribution in [3.8, 4) is 0 Å². The van der Waals surface area contributed by atoms with Crippen molar-refractivity contribution in [3.63, 3.8) is 0 Å². The lowest BCUT2D eigenvalue weighted by Gasteiger charge is -2.38. The summed E-state index contributed by atoms with van der Waals surface area (Å²) < 4.78 is 0. The number of allylic oxidation sites excluding steroid dienone is 2. The van der Waals surface area contributed by atoms with E-state index in [0.29, 0.717) is 16.8 Å². The van der Waals surface area contributed by atoms with Crippen LogP contribution in [0.1, 0.15) is 59.7 Å². The number of benzene rings is 1. The number of hydrogen-bond donors (Lipinski definition) is 0. The SMILES string of the molecule is CCCCCCCN1CCN(C2=C(Cl)C(=O)c3ccccc3C2=O)CC1. The maximum atomic E-state index is 12.9. The predicted molar refractivity (Wildman–Crippen MR) is 105 cm³/mol. The third-order valence-electron chi connectivity index (χ3n) is 5.31. The van der Waals surface area contributed by atoms with Crippen LogP contribution in [0.4, 0.5) is 0 Å². The smallest absolute Gasteiger partial charge is 0.211 e. The van der Waals surface area contributed by atoms with Crippen molar-refractivity contribution < 1.29 is 9.59 Å². The molecule has 0 saturated carbocycles.